The number of rotatable bonds is 7. The van der Waals surface area contributed by atoms with Gasteiger partial charge in [0.15, 0.2) is 0 Å². The minimum absolute atomic E-state index is 0.00243. The summed E-state index contributed by atoms with van der Waals surface area (Å²) in [5.74, 6) is 0.631. The Morgan fingerprint density at radius 1 is 1.42 bits per heavy atom. The number of hydrogen-bond donors (Lipinski definition) is 1. The standard InChI is InChI=1S/C14H18N2O3/c1-16(9-2-8-15)14(18)7-10-19-13-5-3-12(11-17)4-6-13/h3-6,17H,2,7,9-11H2,1H3. The van der Waals surface area contributed by atoms with Crippen LogP contribution in [0.4, 0.5) is 0 Å². The molecular weight excluding hydrogens is 244 g/mol. The number of nitrogens with zero attached hydrogens (tertiary/aromatic N) is 2. The molecule has 1 aromatic rings. The van der Waals surface area contributed by atoms with Gasteiger partial charge in [-0.25, -0.2) is 0 Å². The highest BCUT2D eigenvalue weighted by Crippen LogP contribution is 2.12. The lowest BCUT2D eigenvalue weighted by Crippen LogP contribution is -2.28. The molecule has 0 bridgehead atoms. The molecule has 0 atom stereocenters. The number of ether oxygens (including phenoxy) is 1. The SMILES string of the molecule is CN(CCC#N)C(=O)CCOc1ccc(CO)cc1. The fourth-order valence-electron chi connectivity index (χ4n) is 1.48. The molecule has 1 rings (SSSR count). The fourth-order valence-corrected chi connectivity index (χ4v) is 1.48. The Morgan fingerprint density at radius 3 is 2.68 bits per heavy atom. The topological polar surface area (TPSA) is 73.6 Å². The predicted molar refractivity (Wildman–Crippen MR) is 70.3 cm³/mol. The second-order valence-electron chi connectivity index (χ2n) is 4.12. The lowest BCUT2D eigenvalue weighted by Gasteiger charge is -2.15. The summed E-state index contributed by atoms with van der Waals surface area (Å²) in [7, 11) is 1.68. The van der Waals surface area contributed by atoms with E-state index in [0.29, 0.717) is 25.3 Å². The van der Waals surface area contributed by atoms with Gasteiger partial charge in [-0.2, -0.15) is 5.26 Å². The summed E-state index contributed by atoms with van der Waals surface area (Å²) < 4.78 is 5.44. The third-order valence-corrected chi connectivity index (χ3v) is 2.68. The van der Waals surface area contributed by atoms with Crippen LogP contribution in [0.2, 0.25) is 0 Å². The van der Waals surface area contributed by atoms with Crippen molar-refractivity contribution in [2.24, 2.45) is 0 Å². The highest BCUT2D eigenvalue weighted by atomic mass is 16.5. The van der Waals surface area contributed by atoms with Crippen LogP contribution in [0, 0.1) is 11.3 Å². The molecule has 0 saturated carbocycles. The molecule has 19 heavy (non-hydrogen) atoms. The van der Waals surface area contributed by atoms with E-state index in [1.54, 1.807) is 31.3 Å². The van der Waals surface area contributed by atoms with E-state index in [2.05, 4.69) is 0 Å². The zero-order valence-corrected chi connectivity index (χ0v) is 11.0. The van der Waals surface area contributed by atoms with Crippen molar-refractivity contribution in [3.8, 4) is 11.8 Å². The number of aliphatic hydroxyl groups excluding tert-OH is 1. The lowest BCUT2D eigenvalue weighted by atomic mass is 10.2. The molecule has 1 N–H and O–H groups in total. The van der Waals surface area contributed by atoms with Gasteiger partial charge in [0.2, 0.25) is 5.91 Å². The molecule has 102 valence electrons. The van der Waals surface area contributed by atoms with Crippen LogP contribution in [-0.4, -0.2) is 36.1 Å². The summed E-state index contributed by atoms with van der Waals surface area (Å²) in [6.45, 7) is 0.747. The molecule has 0 aliphatic rings. The number of hydrogen-bond acceptors (Lipinski definition) is 4. The summed E-state index contributed by atoms with van der Waals surface area (Å²) in [5.41, 5.74) is 0.819. The van der Waals surface area contributed by atoms with Crippen molar-refractivity contribution < 1.29 is 14.6 Å². The van der Waals surface area contributed by atoms with Crippen LogP contribution >= 0.6 is 0 Å². The Kier molecular flexibility index (Phi) is 6.41. The maximum absolute atomic E-state index is 11.6. The van der Waals surface area contributed by atoms with E-state index in [1.807, 2.05) is 6.07 Å². The molecule has 0 aliphatic carbocycles. The van der Waals surface area contributed by atoms with Crippen LogP contribution in [-0.2, 0) is 11.4 Å². The Balaban J connectivity index is 2.29. The second kappa shape index (κ2) is 8.11. The van der Waals surface area contributed by atoms with E-state index >= 15 is 0 Å². The first-order valence-electron chi connectivity index (χ1n) is 6.11. The van der Waals surface area contributed by atoms with Gasteiger partial charge in [0.25, 0.3) is 0 Å². The van der Waals surface area contributed by atoms with Crippen LogP contribution in [0.15, 0.2) is 24.3 Å². The monoisotopic (exact) mass is 262 g/mol. The Morgan fingerprint density at radius 2 is 2.11 bits per heavy atom. The van der Waals surface area contributed by atoms with E-state index in [-0.39, 0.29) is 18.9 Å². The van der Waals surface area contributed by atoms with Crippen molar-refractivity contribution in [1.29, 1.82) is 5.26 Å². The van der Waals surface area contributed by atoms with Gasteiger partial charge in [0.1, 0.15) is 5.75 Å². The summed E-state index contributed by atoms with van der Waals surface area (Å²) >= 11 is 0. The van der Waals surface area contributed by atoms with Crippen molar-refractivity contribution in [3.05, 3.63) is 29.8 Å². The van der Waals surface area contributed by atoms with Gasteiger partial charge in [0, 0.05) is 13.6 Å². The van der Waals surface area contributed by atoms with Crippen molar-refractivity contribution >= 4 is 5.91 Å². The molecule has 0 aliphatic heterocycles. The summed E-state index contributed by atoms with van der Waals surface area (Å²) in [4.78, 5) is 13.2. The van der Waals surface area contributed by atoms with Gasteiger partial charge in [-0.3, -0.25) is 4.79 Å². The van der Waals surface area contributed by atoms with Crippen LogP contribution in [0.1, 0.15) is 18.4 Å². The number of carbonyl (C=O) groups is 1. The van der Waals surface area contributed by atoms with E-state index in [1.165, 1.54) is 4.90 Å². The molecule has 1 amide bonds. The van der Waals surface area contributed by atoms with Gasteiger partial charge in [-0.15, -0.1) is 0 Å². The number of nitriles is 1. The first kappa shape index (κ1) is 15.0. The molecule has 1 aromatic carbocycles. The van der Waals surface area contributed by atoms with Crippen LogP contribution in [0.25, 0.3) is 0 Å². The van der Waals surface area contributed by atoms with Crippen molar-refractivity contribution in [3.63, 3.8) is 0 Å². The third-order valence-electron chi connectivity index (χ3n) is 2.68. The molecule has 5 nitrogen and oxygen atoms in total. The largest absolute Gasteiger partial charge is 0.493 e. The molecule has 0 saturated heterocycles. The molecule has 0 spiro atoms. The third kappa shape index (κ3) is 5.40. The van der Waals surface area contributed by atoms with Gasteiger partial charge < -0.3 is 14.7 Å². The minimum Gasteiger partial charge on any atom is -0.493 e. The van der Waals surface area contributed by atoms with Gasteiger partial charge in [-0.05, 0) is 17.7 Å². The maximum Gasteiger partial charge on any atom is 0.225 e. The average molecular weight is 262 g/mol. The van der Waals surface area contributed by atoms with E-state index < -0.39 is 0 Å². The van der Waals surface area contributed by atoms with Gasteiger partial charge >= 0.3 is 0 Å². The predicted octanol–water partition coefficient (Wildman–Crippen LogP) is 1.32. The number of benzene rings is 1. The minimum atomic E-state index is -0.0396. The second-order valence-corrected chi connectivity index (χ2v) is 4.12. The van der Waals surface area contributed by atoms with E-state index in [4.69, 9.17) is 15.1 Å². The molecular formula is C14H18N2O3. The number of aliphatic hydroxyl groups is 1. The maximum atomic E-state index is 11.6. The summed E-state index contributed by atoms with van der Waals surface area (Å²) in [6.07, 6.45) is 0.620. The van der Waals surface area contributed by atoms with Crippen molar-refractivity contribution in [2.75, 3.05) is 20.2 Å². The smallest absolute Gasteiger partial charge is 0.225 e. The van der Waals surface area contributed by atoms with E-state index in [0.717, 1.165) is 5.56 Å². The molecule has 0 radical (unpaired) electrons. The highest BCUT2D eigenvalue weighted by Gasteiger charge is 2.08. The Labute approximate surface area is 113 Å². The van der Waals surface area contributed by atoms with Gasteiger partial charge in [0.05, 0.1) is 32.1 Å². The zero-order valence-electron chi connectivity index (χ0n) is 11.0. The highest BCUT2D eigenvalue weighted by molar-refractivity contribution is 5.75. The molecule has 0 heterocycles. The Bertz CT molecular complexity index is 437. The van der Waals surface area contributed by atoms with Gasteiger partial charge in [-0.1, -0.05) is 12.1 Å². The van der Waals surface area contributed by atoms with Crippen LogP contribution in [0.5, 0.6) is 5.75 Å². The quantitative estimate of drug-likeness (QED) is 0.804. The fraction of sp³-hybridized carbons (Fsp3) is 0.429. The van der Waals surface area contributed by atoms with Crippen molar-refractivity contribution in [1.82, 2.24) is 4.90 Å². The summed E-state index contributed by atoms with van der Waals surface area (Å²) in [6, 6.07) is 9.07. The first-order chi connectivity index (χ1) is 9.17. The average Bonchev–Trinajstić information content (AvgIpc) is 2.45. The summed E-state index contributed by atoms with van der Waals surface area (Å²) in [5, 5.41) is 17.3. The molecule has 0 unspecified atom stereocenters. The number of amides is 1. The van der Waals surface area contributed by atoms with E-state index in [9.17, 15) is 4.79 Å². The van der Waals surface area contributed by atoms with Crippen LogP contribution < -0.4 is 4.74 Å². The van der Waals surface area contributed by atoms with Crippen molar-refractivity contribution in [2.45, 2.75) is 19.4 Å². The molecule has 5 heteroatoms. The molecule has 0 fully saturated rings. The zero-order chi connectivity index (χ0) is 14.1. The normalized spacial score (nSPS) is 9.74. The number of carbonyl (C=O) groups excluding carboxylic acids is 1. The van der Waals surface area contributed by atoms with Crippen LogP contribution in [0.3, 0.4) is 0 Å². The lowest BCUT2D eigenvalue weighted by molar-refractivity contribution is -0.130. The first-order valence-corrected chi connectivity index (χ1v) is 6.11. The Hall–Kier alpha value is -2.06. The molecule has 0 aromatic heterocycles.